The third kappa shape index (κ3) is 5.45. The first-order valence-electron chi connectivity index (χ1n) is 10.2. The Bertz CT molecular complexity index is 1300. The topological polar surface area (TPSA) is 124 Å². The number of benzene rings is 2. The van der Waals surface area contributed by atoms with E-state index in [-0.39, 0.29) is 18.3 Å². The fourth-order valence-electron chi connectivity index (χ4n) is 3.14. The second kappa shape index (κ2) is 10.7. The zero-order chi connectivity index (χ0) is 23.9. The van der Waals surface area contributed by atoms with Gasteiger partial charge in [-0.3, -0.25) is 4.79 Å². The number of nitrogens with zero attached hydrogens (tertiary/aromatic N) is 3. The molecule has 4 aromatic rings. The van der Waals surface area contributed by atoms with Gasteiger partial charge < -0.3 is 25.8 Å². The third-order valence-electron chi connectivity index (χ3n) is 4.63. The van der Waals surface area contributed by atoms with Gasteiger partial charge in [0.15, 0.2) is 16.7 Å². The van der Waals surface area contributed by atoms with Crippen molar-refractivity contribution >= 4 is 40.2 Å². The van der Waals surface area contributed by atoms with Gasteiger partial charge in [-0.05, 0) is 30.3 Å². The van der Waals surface area contributed by atoms with Crippen molar-refractivity contribution in [3.63, 3.8) is 0 Å². The third-order valence-corrected chi connectivity index (χ3v) is 5.53. The standard InChI is InChI=1S/C23H21FN6O3S/c1-32-9-10-33-19-6-5-16(12-17(19)24)28-23-26-8-7-18(29-23)21-20(30-22(25)34-21)14-3-2-4-15(11-14)27-13-31/h2-8,11-13H,9-10H2,1H3,(H2,25,30)(H,27,31)(H,26,28,29). The van der Waals surface area contributed by atoms with Crippen LogP contribution in [0.1, 0.15) is 0 Å². The minimum Gasteiger partial charge on any atom is -0.488 e. The summed E-state index contributed by atoms with van der Waals surface area (Å²) >= 11 is 1.28. The number of nitrogen functional groups attached to an aromatic ring is 1. The molecule has 0 unspecified atom stereocenters. The lowest BCUT2D eigenvalue weighted by molar-refractivity contribution is -0.105. The highest BCUT2D eigenvalue weighted by atomic mass is 32.1. The van der Waals surface area contributed by atoms with Crippen LogP contribution >= 0.6 is 11.3 Å². The number of methoxy groups -OCH3 is 1. The Morgan fingerprint density at radius 3 is 2.79 bits per heavy atom. The molecule has 4 rings (SSSR count). The van der Waals surface area contributed by atoms with E-state index in [1.807, 2.05) is 12.1 Å². The quantitative estimate of drug-likeness (QED) is 0.226. The summed E-state index contributed by atoms with van der Waals surface area (Å²) in [5.74, 6) is -0.105. The molecule has 0 aliphatic heterocycles. The first-order chi connectivity index (χ1) is 16.6. The number of rotatable bonds is 10. The summed E-state index contributed by atoms with van der Waals surface area (Å²) < 4.78 is 24.6. The van der Waals surface area contributed by atoms with E-state index in [0.29, 0.717) is 40.9 Å². The maximum atomic E-state index is 14.4. The predicted octanol–water partition coefficient (Wildman–Crippen LogP) is 4.33. The highest BCUT2D eigenvalue weighted by Gasteiger charge is 2.16. The van der Waals surface area contributed by atoms with Gasteiger partial charge in [-0.25, -0.2) is 19.3 Å². The van der Waals surface area contributed by atoms with Crippen molar-refractivity contribution in [1.29, 1.82) is 0 Å². The molecular formula is C23H21FN6O3S. The van der Waals surface area contributed by atoms with Crippen molar-refractivity contribution in [2.45, 2.75) is 0 Å². The fourth-order valence-corrected chi connectivity index (χ4v) is 3.96. The average Bonchev–Trinajstić information content (AvgIpc) is 3.23. The molecule has 1 amide bonds. The first kappa shape index (κ1) is 23.1. The predicted molar refractivity (Wildman–Crippen MR) is 130 cm³/mol. The number of hydrogen-bond acceptors (Lipinski definition) is 9. The van der Waals surface area contributed by atoms with Crippen molar-refractivity contribution in [1.82, 2.24) is 15.0 Å². The number of nitrogens with one attached hydrogen (secondary N) is 2. The monoisotopic (exact) mass is 480 g/mol. The van der Waals surface area contributed by atoms with Crippen molar-refractivity contribution in [2.75, 3.05) is 36.7 Å². The number of aromatic nitrogens is 3. The van der Waals surface area contributed by atoms with Gasteiger partial charge in [0, 0.05) is 36.3 Å². The zero-order valence-corrected chi connectivity index (χ0v) is 18.9. The Balaban J connectivity index is 1.59. The number of halogens is 1. The van der Waals surface area contributed by atoms with Gasteiger partial charge in [0.25, 0.3) is 0 Å². The molecule has 2 heterocycles. The van der Waals surface area contributed by atoms with Crippen LogP contribution in [0.2, 0.25) is 0 Å². The summed E-state index contributed by atoms with van der Waals surface area (Å²) in [5, 5.41) is 6.00. The second-order valence-corrected chi connectivity index (χ2v) is 7.98. The molecule has 11 heteroatoms. The summed E-state index contributed by atoms with van der Waals surface area (Å²) in [5.41, 5.74) is 9.09. The molecule has 2 aromatic heterocycles. The number of amides is 1. The number of ether oxygens (including phenoxy) is 2. The van der Waals surface area contributed by atoms with E-state index < -0.39 is 5.82 Å². The Hall–Kier alpha value is -4.09. The summed E-state index contributed by atoms with van der Waals surface area (Å²) in [4.78, 5) is 24.8. The molecular weight excluding hydrogens is 459 g/mol. The molecule has 0 atom stereocenters. The number of anilines is 4. The van der Waals surface area contributed by atoms with Crippen LogP contribution in [0, 0.1) is 5.82 Å². The van der Waals surface area contributed by atoms with Crippen LogP contribution in [-0.2, 0) is 9.53 Å². The molecule has 0 radical (unpaired) electrons. The van der Waals surface area contributed by atoms with Crippen LogP contribution < -0.4 is 21.1 Å². The highest BCUT2D eigenvalue weighted by molar-refractivity contribution is 7.19. The number of hydrogen-bond donors (Lipinski definition) is 3. The molecule has 9 nitrogen and oxygen atoms in total. The van der Waals surface area contributed by atoms with Gasteiger partial charge in [-0.2, -0.15) is 0 Å². The van der Waals surface area contributed by atoms with Crippen LogP contribution in [-0.4, -0.2) is 41.7 Å². The summed E-state index contributed by atoms with van der Waals surface area (Å²) in [6.07, 6.45) is 2.20. The normalized spacial score (nSPS) is 10.6. The van der Waals surface area contributed by atoms with Crippen molar-refractivity contribution in [3.05, 3.63) is 60.5 Å². The lowest BCUT2D eigenvalue weighted by atomic mass is 10.1. The first-order valence-corrected chi connectivity index (χ1v) is 11.0. The van der Waals surface area contributed by atoms with Crippen LogP contribution in [0.4, 0.5) is 26.8 Å². The van der Waals surface area contributed by atoms with Gasteiger partial charge >= 0.3 is 0 Å². The summed E-state index contributed by atoms with van der Waals surface area (Å²) in [7, 11) is 1.55. The second-order valence-electron chi connectivity index (χ2n) is 6.95. The average molecular weight is 481 g/mol. The molecule has 0 aliphatic carbocycles. The Morgan fingerprint density at radius 2 is 2.00 bits per heavy atom. The van der Waals surface area contributed by atoms with Crippen LogP contribution in [0.15, 0.2) is 54.7 Å². The van der Waals surface area contributed by atoms with Gasteiger partial charge in [0.2, 0.25) is 12.4 Å². The minimum atomic E-state index is -0.515. The molecule has 0 saturated heterocycles. The molecule has 0 saturated carbocycles. The van der Waals surface area contributed by atoms with Crippen molar-refractivity contribution in [2.24, 2.45) is 0 Å². The molecule has 174 valence electrons. The lowest BCUT2D eigenvalue weighted by Gasteiger charge is -2.10. The number of nitrogens with two attached hydrogens (primary N) is 1. The van der Waals surface area contributed by atoms with Crippen LogP contribution in [0.5, 0.6) is 5.75 Å². The van der Waals surface area contributed by atoms with E-state index in [1.54, 1.807) is 37.6 Å². The Labute approximate surface area is 198 Å². The van der Waals surface area contributed by atoms with Crippen molar-refractivity contribution in [3.8, 4) is 27.6 Å². The molecule has 0 bridgehead atoms. The van der Waals surface area contributed by atoms with Crippen molar-refractivity contribution < 1.29 is 18.7 Å². The molecule has 0 aliphatic rings. The summed E-state index contributed by atoms with van der Waals surface area (Å²) in [6, 6.07) is 13.5. The Morgan fingerprint density at radius 1 is 1.12 bits per heavy atom. The fraction of sp³-hybridized carbons (Fsp3) is 0.130. The minimum absolute atomic E-state index is 0.133. The highest BCUT2D eigenvalue weighted by Crippen LogP contribution is 2.38. The van der Waals surface area contributed by atoms with Crippen LogP contribution in [0.25, 0.3) is 21.8 Å². The molecule has 0 spiro atoms. The molecule has 34 heavy (non-hydrogen) atoms. The van der Waals surface area contributed by atoms with Gasteiger partial charge in [-0.15, -0.1) is 0 Å². The maximum absolute atomic E-state index is 14.4. The van der Waals surface area contributed by atoms with E-state index in [4.69, 9.17) is 15.2 Å². The van der Waals surface area contributed by atoms with E-state index in [2.05, 4.69) is 25.6 Å². The lowest BCUT2D eigenvalue weighted by Crippen LogP contribution is -2.05. The Kier molecular flexibility index (Phi) is 7.25. The van der Waals surface area contributed by atoms with Gasteiger partial charge in [0.05, 0.1) is 22.9 Å². The smallest absolute Gasteiger partial charge is 0.227 e. The number of carbonyl (C=O) groups excluding carboxylic acids is 1. The molecule has 2 aromatic carbocycles. The van der Waals surface area contributed by atoms with E-state index >= 15 is 0 Å². The zero-order valence-electron chi connectivity index (χ0n) is 18.1. The van der Waals surface area contributed by atoms with Gasteiger partial charge in [0.1, 0.15) is 6.61 Å². The van der Waals surface area contributed by atoms with E-state index in [1.165, 1.54) is 23.5 Å². The molecule has 0 fully saturated rings. The largest absolute Gasteiger partial charge is 0.488 e. The van der Waals surface area contributed by atoms with Gasteiger partial charge in [-0.1, -0.05) is 23.5 Å². The SMILES string of the molecule is COCCOc1ccc(Nc2nccc(-c3sc(N)nc3-c3cccc(NC=O)c3)n2)cc1F. The maximum Gasteiger partial charge on any atom is 0.227 e. The molecule has 4 N–H and O–H groups in total. The van der Waals surface area contributed by atoms with Crippen LogP contribution in [0.3, 0.4) is 0 Å². The van der Waals surface area contributed by atoms with E-state index in [0.717, 1.165) is 10.4 Å². The number of thiazole rings is 1. The number of carbonyl (C=O) groups is 1. The summed E-state index contributed by atoms with van der Waals surface area (Å²) in [6.45, 7) is 0.613. The van der Waals surface area contributed by atoms with E-state index in [9.17, 15) is 9.18 Å².